The molecule has 7 heteroatoms. The van der Waals surface area contributed by atoms with E-state index in [0.29, 0.717) is 5.69 Å². The molecule has 5 nitrogen and oxygen atoms in total. The Kier molecular flexibility index (Phi) is 4.54. The third-order valence-electron chi connectivity index (χ3n) is 2.80. The zero-order chi connectivity index (χ0) is 15.4. The minimum absolute atomic E-state index is 0.109. The van der Waals surface area contributed by atoms with Gasteiger partial charge >= 0.3 is 0 Å². The summed E-state index contributed by atoms with van der Waals surface area (Å²) < 4.78 is 25.8. The molecule has 1 atom stereocenters. The third-order valence-corrected chi connectivity index (χ3v) is 2.80. The average molecular weight is 293 g/mol. The van der Waals surface area contributed by atoms with Gasteiger partial charge in [-0.15, -0.1) is 0 Å². The van der Waals surface area contributed by atoms with Crippen LogP contribution in [0.25, 0.3) is 0 Å². The van der Waals surface area contributed by atoms with Gasteiger partial charge < -0.3 is 10.4 Å². The Morgan fingerprint density at radius 1 is 1.29 bits per heavy atom. The molecule has 1 heterocycles. The minimum atomic E-state index is -1.15. The molecular formula is C14H13F2N3O2. The SMILES string of the molecule is Cc1cnc(C(=O)NC[C@H](O)c2ccc(F)c(F)c2)cn1. The normalized spacial score (nSPS) is 12.0. The number of benzene rings is 1. The second-order valence-electron chi connectivity index (χ2n) is 4.44. The van der Waals surface area contributed by atoms with E-state index in [0.717, 1.165) is 12.1 Å². The predicted molar refractivity (Wildman–Crippen MR) is 70.4 cm³/mol. The van der Waals surface area contributed by atoms with Gasteiger partial charge in [-0.3, -0.25) is 9.78 Å². The van der Waals surface area contributed by atoms with E-state index in [1.54, 1.807) is 6.92 Å². The largest absolute Gasteiger partial charge is 0.387 e. The summed E-state index contributed by atoms with van der Waals surface area (Å²) in [4.78, 5) is 19.6. The van der Waals surface area contributed by atoms with Gasteiger partial charge in [0.05, 0.1) is 18.0 Å². The van der Waals surface area contributed by atoms with E-state index < -0.39 is 23.6 Å². The van der Waals surface area contributed by atoms with E-state index in [-0.39, 0.29) is 17.8 Å². The number of hydrogen-bond donors (Lipinski definition) is 2. The van der Waals surface area contributed by atoms with Crippen LogP contribution in [0.15, 0.2) is 30.6 Å². The zero-order valence-electron chi connectivity index (χ0n) is 11.2. The van der Waals surface area contributed by atoms with Crippen LogP contribution in [0.3, 0.4) is 0 Å². The summed E-state index contributed by atoms with van der Waals surface area (Å²) in [5, 5.41) is 12.3. The highest BCUT2D eigenvalue weighted by molar-refractivity contribution is 5.91. The maximum Gasteiger partial charge on any atom is 0.271 e. The molecule has 2 N–H and O–H groups in total. The van der Waals surface area contributed by atoms with Gasteiger partial charge in [-0.25, -0.2) is 13.8 Å². The average Bonchev–Trinajstić information content (AvgIpc) is 2.48. The first-order valence-electron chi connectivity index (χ1n) is 6.17. The van der Waals surface area contributed by atoms with Crippen molar-refractivity contribution in [1.82, 2.24) is 15.3 Å². The van der Waals surface area contributed by atoms with Crippen molar-refractivity contribution < 1.29 is 18.7 Å². The van der Waals surface area contributed by atoms with E-state index in [4.69, 9.17) is 0 Å². The lowest BCUT2D eigenvalue weighted by Gasteiger charge is -2.12. The number of nitrogens with one attached hydrogen (secondary N) is 1. The lowest BCUT2D eigenvalue weighted by Crippen LogP contribution is -2.29. The molecule has 2 aromatic rings. The fourth-order valence-electron chi connectivity index (χ4n) is 1.63. The molecule has 1 amide bonds. The van der Waals surface area contributed by atoms with Crippen molar-refractivity contribution in [3.8, 4) is 0 Å². The van der Waals surface area contributed by atoms with E-state index in [2.05, 4.69) is 15.3 Å². The Labute approximate surface area is 119 Å². The van der Waals surface area contributed by atoms with Crippen LogP contribution in [0.4, 0.5) is 8.78 Å². The number of carbonyl (C=O) groups is 1. The topological polar surface area (TPSA) is 75.1 Å². The van der Waals surface area contributed by atoms with Crippen molar-refractivity contribution in [2.75, 3.05) is 6.54 Å². The van der Waals surface area contributed by atoms with Gasteiger partial charge in [0.15, 0.2) is 11.6 Å². The fourth-order valence-corrected chi connectivity index (χ4v) is 1.63. The number of halogens is 2. The highest BCUT2D eigenvalue weighted by Crippen LogP contribution is 2.15. The molecule has 21 heavy (non-hydrogen) atoms. The molecule has 0 unspecified atom stereocenters. The van der Waals surface area contributed by atoms with Crippen LogP contribution < -0.4 is 5.32 Å². The molecule has 0 saturated carbocycles. The molecule has 0 bridgehead atoms. The summed E-state index contributed by atoms with van der Waals surface area (Å²) in [5.74, 6) is -2.56. The van der Waals surface area contributed by atoms with Gasteiger partial charge in [0, 0.05) is 12.7 Å². The number of carbonyl (C=O) groups excluding carboxylic acids is 1. The molecule has 0 fully saturated rings. The van der Waals surface area contributed by atoms with Crippen molar-refractivity contribution in [2.45, 2.75) is 13.0 Å². The Morgan fingerprint density at radius 3 is 2.67 bits per heavy atom. The molecule has 110 valence electrons. The van der Waals surface area contributed by atoms with Gasteiger partial charge in [-0.05, 0) is 24.6 Å². The second-order valence-corrected chi connectivity index (χ2v) is 4.44. The lowest BCUT2D eigenvalue weighted by atomic mass is 10.1. The number of aromatic nitrogens is 2. The van der Waals surface area contributed by atoms with Gasteiger partial charge in [0.1, 0.15) is 5.69 Å². The Bertz CT molecular complexity index is 647. The lowest BCUT2D eigenvalue weighted by molar-refractivity contribution is 0.0910. The van der Waals surface area contributed by atoms with E-state index in [9.17, 15) is 18.7 Å². The van der Waals surface area contributed by atoms with Gasteiger partial charge in [0.2, 0.25) is 0 Å². The van der Waals surface area contributed by atoms with Crippen molar-refractivity contribution in [2.24, 2.45) is 0 Å². The summed E-state index contributed by atoms with van der Waals surface area (Å²) in [6, 6.07) is 3.06. The molecule has 1 aromatic heterocycles. The maximum absolute atomic E-state index is 13.0. The van der Waals surface area contributed by atoms with Crippen LogP contribution in [0, 0.1) is 18.6 Å². The number of amides is 1. The van der Waals surface area contributed by atoms with E-state index >= 15 is 0 Å². The number of aliphatic hydroxyl groups excluding tert-OH is 1. The molecule has 0 aliphatic rings. The number of nitrogens with zero attached hydrogens (tertiary/aromatic N) is 2. The molecule has 2 rings (SSSR count). The van der Waals surface area contributed by atoms with Crippen LogP contribution in [-0.2, 0) is 0 Å². The monoisotopic (exact) mass is 293 g/mol. The summed E-state index contributed by atoms with van der Waals surface area (Å²) in [5.41, 5.74) is 0.954. The van der Waals surface area contributed by atoms with Gasteiger partial charge in [-0.2, -0.15) is 0 Å². The number of aryl methyl sites for hydroxylation is 1. The van der Waals surface area contributed by atoms with Crippen molar-refractivity contribution in [3.05, 3.63) is 59.2 Å². The molecule has 0 saturated heterocycles. The number of rotatable bonds is 4. The standard InChI is InChI=1S/C14H13F2N3O2/c1-8-5-18-12(6-17-8)14(21)19-7-13(20)9-2-3-10(15)11(16)4-9/h2-6,13,20H,7H2,1H3,(H,19,21)/t13-/m0/s1. The van der Waals surface area contributed by atoms with Crippen molar-refractivity contribution >= 4 is 5.91 Å². The highest BCUT2D eigenvalue weighted by atomic mass is 19.2. The minimum Gasteiger partial charge on any atom is -0.387 e. The molecule has 0 radical (unpaired) electrons. The predicted octanol–water partition coefficient (Wildman–Crippen LogP) is 1.53. The first-order valence-corrected chi connectivity index (χ1v) is 6.17. The van der Waals surface area contributed by atoms with Crippen LogP contribution in [-0.4, -0.2) is 27.5 Å². The van der Waals surface area contributed by atoms with Crippen molar-refractivity contribution in [1.29, 1.82) is 0 Å². The first-order chi connectivity index (χ1) is 9.97. The Balaban J connectivity index is 1.97. The van der Waals surface area contributed by atoms with E-state index in [1.165, 1.54) is 18.5 Å². The van der Waals surface area contributed by atoms with Crippen LogP contribution in [0.2, 0.25) is 0 Å². The smallest absolute Gasteiger partial charge is 0.271 e. The number of aliphatic hydroxyl groups is 1. The Morgan fingerprint density at radius 2 is 2.05 bits per heavy atom. The quantitative estimate of drug-likeness (QED) is 0.896. The fraction of sp³-hybridized carbons (Fsp3) is 0.214. The van der Waals surface area contributed by atoms with Gasteiger partial charge in [0.25, 0.3) is 5.91 Å². The molecule has 0 aliphatic heterocycles. The summed E-state index contributed by atoms with van der Waals surface area (Å²) in [7, 11) is 0. The highest BCUT2D eigenvalue weighted by Gasteiger charge is 2.13. The zero-order valence-corrected chi connectivity index (χ0v) is 11.2. The van der Waals surface area contributed by atoms with Crippen LogP contribution in [0.5, 0.6) is 0 Å². The van der Waals surface area contributed by atoms with Crippen molar-refractivity contribution in [3.63, 3.8) is 0 Å². The summed E-state index contributed by atoms with van der Waals surface area (Å²) >= 11 is 0. The van der Waals surface area contributed by atoms with Gasteiger partial charge in [-0.1, -0.05) is 6.07 Å². The molecule has 0 aliphatic carbocycles. The summed E-state index contributed by atoms with van der Waals surface area (Å²) in [6.07, 6.45) is 1.61. The molecule has 0 spiro atoms. The van der Waals surface area contributed by atoms with E-state index in [1.807, 2.05) is 0 Å². The second kappa shape index (κ2) is 6.36. The number of hydrogen-bond acceptors (Lipinski definition) is 4. The first kappa shape index (κ1) is 15.0. The molecule has 1 aromatic carbocycles. The third kappa shape index (κ3) is 3.79. The maximum atomic E-state index is 13.0. The molecular weight excluding hydrogens is 280 g/mol. The van der Waals surface area contributed by atoms with Crippen LogP contribution in [0.1, 0.15) is 27.8 Å². The van der Waals surface area contributed by atoms with Crippen LogP contribution >= 0.6 is 0 Å². The summed E-state index contributed by atoms with van der Waals surface area (Å²) in [6.45, 7) is 1.58. The Hall–Kier alpha value is -2.41.